The van der Waals surface area contributed by atoms with Crippen LogP contribution in [0.1, 0.15) is 17.3 Å². The van der Waals surface area contributed by atoms with E-state index in [2.05, 4.69) is 4.74 Å². The van der Waals surface area contributed by atoms with Crippen molar-refractivity contribution in [2.75, 3.05) is 6.61 Å². The van der Waals surface area contributed by atoms with E-state index < -0.39 is 18.0 Å². The van der Waals surface area contributed by atoms with E-state index >= 15 is 0 Å². The number of carbonyl (C=O) groups excluding carboxylic acids is 3. The SMILES string of the molecule is C[C@H](OC(=O)COc1ccc(C=O)cc1)C(N)=O. The summed E-state index contributed by atoms with van der Waals surface area (Å²) < 4.78 is 9.79. The molecule has 6 nitrogen and oxygen atoms in total. The summed E-state index contributed by atoms with van der Waals surface area (Å²) in [6, 6.07) is 6.21. The zero-order chi connectivity index (χ0) is 13.5. The van der Waals surface area contributed by atoms with E-state index in [0.717, 1.165) is 0 Å². The molecule has 0 spiro atoms. The molecule has 96 valence electrons. The Hall–Kier alpha value is -2.37. The number of hydrogen-bond donors (Lipinski definition) is 1. The number of hydrogen-bond acceptors (Lipinski definition) is 5. The molecule has 0 heterocycles. The third kappa shape index (κ3) is 4.25. The highest BCUT2D eigenvalue weighted by Crippen LogP contribution is 2.11. The minimum Gasteiger partial charge on any atom is -0.482 e. The molecule has 0 bridgehead atoms. The van der Waals surface area contributed by atoms with Crippen molar-refractivity contribution in [1.82, 2.24) is 0 Å². The first-order valence-corrected chi connectivity index (χ1v) is 5.19. The van der Waals surface area contributed by atoms with E-state index in [1.807, 2.05) is 0 Å². The van der Waals surface area contributed by atoms with Crippen LogP contribution in [0, 0.1) is 0 Å². The molecule has 18 heavy (non-hydrogen) atoms. The van der Waals surface area contributed by atoms with Crippen LogP contribution >= 0.6 is 0 Å². The lowest BCUT2D eigenvalue weighted by molar-refractivity contribution is -0.155. The van der Waals surface area contributed by atoms with Gasteiger partial charge in [0.1, 0.15) is 12.0 Å². The van der Waals surface area contributed by atoms with Crippen molar-refractivity contribution in [3.05, 3.63) is 29.8 Å². The lowest BCUT2D eigenvalue weighted by Gasteiger charge is -2.10. The molecule has 1 aromatic rings. The number of benzene rings is 1. The Morgan fingerprint density at radius 1 is 1.33 bits per heavy atom. The predicted octanol–water partition coefficient (Wildman–Crippen LogP) is 0.295. The summed E-state index contributed by atoms with van der Waals surface area (Å²) in [7, 11) is 0. The van der Waals surface area contributed by atoms with Gasteiger partial charge in [-0.25, -0.2) is 4.79 Å². The number of carbonyl (C=O) groups is 3. The van der Waals surface area contributed by atoms with Crippen LogP contribution in [0.25, 0.3) is 0 Å². The molecule has 0 fully saturated rings. The topological polar surface area (TPSA) is 95.7 Å². The van der Waals surface area contributed by atoms with Crippen LogP contribution in [0.5, 0.6) is 5.75 Å². The average Bonchev–Trinajstić information content (AvgIpc) is 2.36. The first-order chi connectivity index (χ1) is 8.52. The van der Waals surface area contributed by atoms with Gasteiger partial charge in [-0.1, -0.05) is 0 Å². The normalized spacial score (nSPS) is 11.4. The highest BCUT2D eigenvalue weighted by Gasteiger charge is 2.14. The number of nitrogens with two attached hydrogens (primary N) is 1. The summed E-state index contributed by atoms with van der Waals surface area (Å²) in [6.45, 7) is 1.04. The fourth-order valence-electron chi connectivity index (χ4n) is 1.07. The maximum absolute atomic E-state index is 11.2. The summed E-state index contributed by atoms with van der Waals surface area (Å²) in [5.41, 5.74) is 5.44. The second kappa shape index (κ2) is 6.39. The largest absolute Gasteiger partial charge is 0.482 e. The molecule has 0 saturated heterocycles. The van der Waals surface area contributed by atoms with Crippen LogP contribution in [-0.2, 0) is 14.3 Å². The van der Waals surface area contributed by atoms with Crippen molar-refractivity contribution >= 4 is 18.2 Å². The molecule has 1 atom stereocenters. The molecule has 1 rings (SSSR count). The van der Waals surface area contributed by atoms with Gasteiger partial charge >= 0.3 is 5.97 Å². The smallest absolute Gasteiger partial charge is 0.344 e. The predicted molar refractivity (Wildman–Crippen MR) is 62.1 cm³/mol. The number of amides is 1. The maximum Gasteiger partial charge on any atom is 0.344 e. The first kappa shape index (κ1) is 13.7. The maximum atomic E-state index is 11.2. The fourth-order valence-corrected chi connectivity index (χ4v) is 1.07. The monoisotopic (exact) mass is 251 g/mol. The van der Waals surface area contributed by atoms with Crippen molar-refractivity contribution in [3.63, 3.8) is 0 Å². The first-order valence-electron chi connectivity index (χ1n) is 5.19. The highest BCUT2D eigenvalue weighted by atomic mass is 16.6. The second-order valence-electron chi connectivity index (χ2n) is 3.51. The van der Waals surface area contributed by atoms with Crippen LogP contribution in [0.4, 0.5) is 0 Å². The molecular formula is C12H13NO5. The zero-order valence-electron chi connectivity index (χ0n) is 9.79. The molecule has 2 N–H and O–H groups in total. The molecule has 6 heteroatoms. The Labute approximate surface area is 104 Å². The third-order valence-electron chi connectivity index (χ3n) is 2.08. The van der Waals surface area contributed by atoms with Crippen molar-refractivity contribution in [2.45, 2.75) is 13.0 Å². The number of rotatable bonds is 6. The number of ether oxygens (including phenoxy) is 2. The van der Waals surface area contributed by atoms with E-state index in [-0.39, 0.29) is 6.61 Å². The Kier molecular flexibility index (Phi) is 4.86. The molecule has 0 radical (unpaired) electrons. The van der Waals surface area contributed by atoms with E-state index in [0.29, 0.717) is 17.6 Å². The Morgan fingerprint density at radius 3 is 2.44 bits per heavy atom. The van der Waals surface area contributed by atoms with Crippen LogP contribution in [0.3, 0.4) is 0 Å². The fraction of sp³-hybridized carbons (Fsp3) is 0.250. The summed E-state index contributed by atoms with van der Waals surface area (Å²) in [5, 5.41) is 0. The van der Waals surface area contributed by atoms with Crippen molar-refractivity contribution < 1.29 is 23.9 Å². The number of aldehydes is 1. The number of esters is 1. The minimum absolute atomic E-state index is 0.335. The van der Waals surface area contributed by atoms with E-state index in [4.69, 9.17) is 10.5 Å². The van der Waals surface area contributed by atoms with Crippen molar-refractivity contribution in [3.8, 4) is 5.75 Å². The third-order valence-corrected chi connectivity index (χ3v) is 2.08. The Morgan fingerprint density at radius 2 is 1.94 bits per heavy atom. The van der Waals surface area contributed by atoms with Gasteiger partial charge in [0.2, 0.25) is 0 Å². The second-order valence-corrected chi connectivity index (χ2v) is 3.51. The summed E-state index contributed by atoms with van der Waals surface area (Å²) in [5.74, 6) is -0.997. The Balaban J connectivity index is 2.42. The summed E-state index contributed by atoms with van der Waals surface area (Å²) >= 11 is 0. The summed E-state index contributed by atoms with van der Waals surface area (Å²) in [6.07, 6.45) is -0.286. The van der Waals surface area contributed by atoms with Crippen LogP contribution < -0.4 is 10.5 Å². The van der Waals surface area contributed by atoms with Gasteiger partial charge in [0.05, 0.1) is 0 Å². The van der Waals surface area contributed by atoms with Gasteiger partial charge in [0, 0.05) is 5.56 Å². The molecular weight excluding hydrogens is 238 g/mol. The standard InChI is InChI=1S/C12H13NO5/c1-8(12(13)16)18-11(15)7-17-10-4-2-9(6-14)3-5-10/h2-6,8H,7H2,1H3,(H2,13,16)/t8-/m0/s1. The quantitative estimate of drug-likeness (QED) is 0.579. The molecule has 0 aliphatic rings. The zero-order valence-corrected chi connectivity index (χ0v) is 9.79. The molecule has 0 saturated carbocycles. The van der Waals surface area contributed by atoms with Gasteiger partial charge in [0.15, 0.2) is 12.7 Å². The highest BCUT2D eigenvalue weighted by molar-refractivity contribution is 5.82. The van der Waals surface area contributed by atoms with E-state index in [1.54, 1.807) is 24.3 Å². The summed E-state index contributed by atoms with van der Waals surface area (Å²) in [4.78, 5) is 32.3. The van der Waals surface area contributed by atoms with Gasteiger partial charge in [-0.15, -0.1) is 0 Å². The molecule has 0 aromatic heterocycles. The number of primary amides is 1. The van der Waals surface area contributed by atoms with Gasteiger partial charge in [-0.2, -0.15) is 0 Å². The molecule has 0 unspecified atom stereocenters. The van der Waals surface area contributed by atoms with Crippen molar-refractivity contribution in [1.29, 1.82) is 0 Å². The lowest BCUT2D eigenvalue weighted by atomic mass is 10.2. The molecule has 1 amide bonds. The average molecular weight is 251 g/mol. The van der Waals surface area contributed by atoms with Crippen LogP contribution in [0.2, 0.25) is 0 Å². The molecule has 0 aliphatic heterocycles. The van der Waals surface area contributed by atoms with Crippen molar-refractivity contribution in [2.24, 2.45) is 5.73 Å². The van der Waals surface area contributed by atoms with Gasteiger partial charge in [-0.3, -0.25) is 9.59 Å². The van der Waals surface area contributed by atoms with Gasteiger partial charge in [-0.05, 0) is 31.2 Å². The van der Waals surface area contributed by atoms with Crippen LogP contribution in [-0.4, -0.2) is 30.9 Å². The van der Waals surface area contributed by atoms with Gasteiger partial charge in [0.25, 0.3) is 5.91 Å². The van der Waals surface area contributed by atoms with Crippen LogP contribution in [0.15, 0.2) is 24.3 Å². The minimum atomic E-state index is -0.987. The molecule has 0 aliphatic carbocycles. The lowest BCUT2D eigenvalue weighted by Crippen LogP contribution is -2.32. The van der Waals surface area contributed by atoms with Gasteiger partial charge < -0.3 is 15.2 Å². The Bertz CT molecular complexity index is 440. The molecule has 1 aromatic carbocycles. The van der Waals surface area contributed by atoms with E-state index in [1.165, 1.54) is 6.92 Å². The van der Waals surface area contributed by atoms with E-state index in [9.17, 15) is 14.4 Å².